The number of halogens is 3. The number of alkyl halides is 3. The molecule has 8 heteroatoms. The van der Waals surface area contributed by atoms with E-state index in [1.807, 2.05) is 6.07 Å². The van der Waals surface area contributed by atoms with Crippen molar-refractivity contribution in [2.24, 2.45) is 29.1 Å². The van der Waals surface area contributed by atoms with Gasteiger partial charge in [-0.25, -0.2) is 0 Å². The van der Waals surface area contributed by atoms with Crippen molar-refractivity contribution in [2.75, 3.05) is 0 Å². The molecule has 1 heterocycles. The van der Waals surface area contributed by atoms with Crippen LogP contribution in [0.4, 0.5) is 13.2 Å². The summed E-state index contributed by atoms with van der Waals surface area (Å²) >= 11 is 0. The summed E-state index contributed by atoms with van der Waals surface area (Å²) < 4.78 is 50.3. The third-order valence-corrected chi connectivity index (χ3v) is 5.57. The Morgan fingerprint density at radius 1 is 1.43 bits per heavy atom. The second-order valence-corrected chi connectivity index (χ2v) is 6.73. The molecule has 126 valence electrons. The number of hydrogen-bond acceptors (Lipinski definition) is 5. The summed E-state index contributed by atoms with van der Waals surface area (Å²) in [6.45, 7) is 3.00. The van der Waals surface area contributed by atoms with Gasteiger partial charge in [-0.2, -0.15) is 18.4 Å². The predicted octanol–water partition coefficient (Wildman–Crippen LogP) is 2.21. The van der Waals surface area contributed by atoms with Gasteiger partial charge in [-0.3, -0.25) is 9.59 Å². The van der Waals surface area contributed by atoms with Crippen LogP contribution in [0.5, 0.6) is 0 Å². The largest absolute Gasteiger partial charge is 0.458 e. The third kappa shape index (κ3) is 2.12. The summed E-state index contributed by atoms with van der Waals surface area (Å²) in [5.74, 6) is -6.29. The molecule has 0 aromatic carbocycles. The smallest absolute Gasteiger partial charge is 0.393 e. The number of nitrogens with zero attached hydrogens (tertiary/aromatic N) is 1. The molecule has 1 aliphatic heterocycles. The van der Waals surface area contributed by atoms with E-state index in [1.165, 1.54) is 6.92 Å². The molecule has 0 amide bonds. The van der Waals surface area contributed by atoms with Crippen LogP contribution in [-0.2, 0) is 19.1 Å². The zero-order valence-electron chi connectivity index (χ0n) is 12.6. The maximum atomic E-state index is 13.3. The summed E-state index contributed by atoms with van der Waals surface area (Å²) in [5, 5.41) is 9.10. The zero-order chi connectivity index (χ0) is 17.2. The number of ether oxygens (including phenoxy) is 2. The number of esters is 2. The molecule has 7 atom stereocenters. The average molecular weight is 331 g/mol. The van der Waals surface area contributed by atoms with Crippen LogP contribution in [0.2, 0.25) is 0 Å². The van der Waals surface area contributed by atoms with Crippen molar-refractivity contribution >= 4 is 11.9 Å². The van der Waals surface area contributed by atoms with Crippen molar-refractivity contribution in [3.63, 3.8) is 0 Å². The molecule has 2 aliphatic carbocycles. The number of nitriles is 1. The van der Waals surface area contributed by atoms with Gasteiger partial charge in [0.05, 0.1) is 17.9 Å². The first-order chi connectivity index (χ1) is 10.6. The number of rotatable bonds is 3. The quantitative estimate of drug-likeness (QED) is 0.741. The van der Waals surface area contributed by atoms with Crippen molar-refractivity contribution in [3.05, 3.63) is 0 Å². The van der Waals surface area contributed by atoms with Crippen LogP contribution in [-0.4, -0.2) is 30.3 Å². The first kappa shape index (κ1) is 16.1. The highest BCUT2D eigenvalue weighted by molar-refractivity contribution is 5.80. The highest BCUT2D eigenvalue weighted by Crippen LogP contribution is 2.62. The van der Waals surface area contributed by atoms with Gasteiger partial charge in [0.15, 0.2) is 5.41 Å². The molecule has 0 radical (unpaired) electrons. The lowest BCUT2D eigenvalue weighted by atomic mass is 9.78. The van der Waals surface area contributed by atoms with E-state index in [0.717, 1.165) is 0 Å². The van der Waals surface area contributed by atoms with Crippen LogP contribution in [0.1, 0.15) is 26.7 Å². The average Bonchev–Trinajstić information content (AvgIpc) is 3.08. The SMILES string of the molecule is CCC(C)(C#N)C(=O)OC1C2CC3C1OC(=O)C3C2C(F)(F)F. The number of carbonyl (C=O) groups excluding carboxylic acids is 2. The minimum absolute atomic E-state index is 0.151. The van der Waals surface area contributed by atoms with Crippen molar-refractivity contribution in [1.29, 1.82) is 5.26 Å². The summed E-state index contributed by atoms with van der Waals surface area (Å²) in [4.78, 5) is 24.0. The van der Waals surface area contributed by atoms with E-state index in [2.05, 4.69) is 0 Å². The molecule has 0 spiro atoms. The van der Waals surface area contributed by atoms with Gasteiger partial charge < -0.3 is 9.47 Å². The van der Waals surface area contributed by atoms with E-state index in [-0.39, 0.29) is 12.8 Å². The van der Waals surface area contributed by atoms with Gasteiger partial charge in [-0.15, -0.1) is 0 Å². The van der Waals surface area contributed by atoms with Gasteiger partial charge in [0.2, 0.25) is 0 Å². The summed E-state index contributed by atoms with van der Waals surface area (Å²) in [6, 6.07) is 1.83. The van der Waals surface area contributed by atoms with E-state index in [1.54, 1.807) is 6.92 Å². The van der Waals surface area contributed by atoms with Gasteiger partial charge in [-0.1, -0.05) is 6.92 Å². The highest BCUT2D eigenvalue weighted by atomic mass is 19.4. The molecule has 7 unspecified atom stereocenters. The van der Waals surface area contributed by atoms with Crippen LogP contribution >= 0.6 is 0 Å². The van der Waals surface area contributed by atoms with E-state index in [9.17, 15) is 22.8 Å². The fourth-order valence-electron chi connectivity index (χ4n) is 4.12. The van der Waals surface area contributed by atoms with Gasteiger partial charge in [0.1, 0.15) is 12.2 Å². The lowest BCUT2D eigenvalue weighted by Crippen LogP contribution is -2.47. The Bertz CT molecular complexity index is 599. The lowest BCUT2D eigenvalue weighted by molar-refractivity contribution is -0.213. The Hall–Kier alpha value is -1.78. The third-order valence-electron chi connectivity index (χ3n) is 5.57. The molecule has 1 saturated heterocycles. The molecule has 23 heavy (non-hydrogen) atoms. The van der Waals surface area contributed by atoms with Gasteiger partial charge in [0, 0.05) is 11.8 Å². The Kier molecular flexibility index (Phi) is 3.40. The molecule has 0 aromatic heterocycles. The van der Waals surface area contributed by atoms with Crippen LogP contribution in [0.15, 0.2) is 0 Å². The van der Waals surface area contributed by atoms with Gasteiger partial charge >= 0.3 is 18.1 Å². The van der Waals surface area contributed by atoms with Gasteiger partial charge in [0.25, 0.3) is 0 Å². The zero-order valence-corrected chi connectivity index (χ0v) is 12.6. The van der Waals surface area contributed by atoms with Crippen molar-refractivity contribution < 1.29 is 32.2 Å². The van der Waals surface area contributed by atoms with Crippen molar-refractivity contribution in [1.82, 2.24) is 0 Å². The second kappa shape index (κ2) is 4.86. The molecule has 5 nitrogen and oxygen atoms in total. The Morgan fingerprint density at radius 2 is 2.09 bits per heavy atom. The monoisotopic (exact) mass is 331 g/mol. The minimum atomic E-state index is -4.55. The van der Waals surface area contributed by atoms with E-state index in [0.29, 0.717) is 0 Å². The lowest BCUT2D eigenvalue weighted by Gasteiger charge is -2.33. The van der Waals surface area contributed by atoms with E-state index >= 15 is 0 Å². The normalized spacial score (nSPS) is 40.4. The molecule has 3 aliphatic rings. The number of hydrogen-bond donors (Lipinski definition) is 0. The summed E-state index contributed by atoms with van der Waals surface area (Å²) in [7, 11) is 0. The summed E-state index contributed by atoms with van der Waals surface area (Å²) in [6.07, 6.45) is -6.16. The molecule has 0 aromatic rings. The molecule has 2 bridgehead atoms. The minimum Gasteiger partial charge on any atom is -0.458 e. The molecule has 3 fully saturated rings. The van der Waals surface area contributed by atoms with E-state index in [4.69, 9.17) is 14.7 Å². The Balaban J connectivity index is 1.87. The Labute approximate surface area is 130 Å². The van der Waals surface area contributed by atoms with E-state index < -0.39 is 59.4 Å². The van der Waals surface area contributed by atoms with Crippen LogP contribution in [0.3, 0.4) is 0 Å². The molecular weight excluding hydrogens is 315 g/mol. The first-order valence-corrected chi connectivity index (χ1v) is 7.53. The topological polar surface area (TPSA) is 76.4 Å². The standard InChI is InChI=1S/C15H16F3NO4/c1-3-14(2,5-19)13(21)23-11-7-4-6-8(9(7)15(16,17)18)12(20)22-10(6)11/h6-11H,3-4H2,1-2H3. The van der Waals surface area contributed by atoms with Crippen LogP contribution in [0.25, 0.3) is 0 Å². The first-order valence-electron chi connectivity index (χ1n) is 7.53. The van der Waals surface area contributed by atoms with Crippen LogP contribution in [0, 0.1) is 40.4 Å². The van der Waals surface area contributed by atoms with Crippen LogP contribution < -0.4 is 0 Å². The molecule has 0 N–H and O–H groups in total. The fourth-order valence-corrected chi connectivity index (χ4v) is 4.12. The molecule has 3 rings (SSSR count). The second-order valence-electron chi connectivity index (χ2n) is 6.73. The predicted molar refractivity (Wildman–Crippen MR) is 68.4 cm³/mol. The van der Waals surface area contributed by atoms with Gasteiger partial charge in [-0.05, 0) is 19.8 Å². The molecule has 2 saturated carbocycles. The molecular formula is C15H16F3NO4. The maximum Gasteiger partial charge on any atom is 0.393 e. The maximum absolute atomic E-state index is 13.3. The fraction of sp³-hybridized carbons (Fsp3) is 0.800. The summed E-state index contributed by atoms with van der Waals surface area (Å²) in [5.41, 5.74) is -1.42. The highest BCUT2D eigenvalue weighted by Gasteiger charge is 2.73. The Morgan fingerprint density at radius 3 is 2.61 bits per heavy atom. The number of fused-ring (bicyclic) bond motifs is 1. The number of carbonyl (C=O) groups is 2. The van der Waals surface area contributed by atoms with Crippen molar-refractivity contribution in [2.45, 2.75) is 45.1 Å². The van der Waals surface area contributed by atoms with Crippen molar-refractivity contribution in [3.8, 4) is 6.07 Å².